The van der Waals surface area contributed by atoms with Gasteiger partial charge in [0.15, 0.2) is 0 Å². The molecule has 13 heavy (non-hydrogen) atoms. The van der Waals surface area contributed by atoms with Crippen LogP contribution in [0.25, 0.3) is 0 Å². The Hall–Kier alpha value is 0.447. The molecule has 1 nitrogen and oxygen atoms in total. The Labute approximate surface area is 104 Å². The minimum absolute atomic E-state index is 0.835. The SMILES string of the molecule is [SiH3]CCCOc1c(Br)cccc1I. The van der Waals surface area contributed by atoms with Crippen LogP contribution in [0.4, 0.5) is 0 Å². The van der Waals surface area contributed by atoms with Crippen molar-refractivity contribution in [1.29, 1.82) is 0 Å². The van der Waals surface area contributed by atoms with Crippen molar-refractivity contribution in [2.45, 2.75) is 12.5 Å². The molecule has 0 radical (unpaired) electrons. The zero-order chi connectivity index (χ0) is 9.68. The van der Waals surface area contributed by atoms with Crippen LogP contribution in [0.15, 0.2) is 22.7 Å². The summed E-state index contributed by atoms with van der Waals surface area (Å²) >= 11 is 5.77. The molecule has 0 amide bonds. The van der Waals surface area contributed by atoms with Gasteiger partial charge in [0.2, 0.25) is 0 Å². The van der Waals surface area contributed by atoms with Crippen LogP contribution < -0.4 is 4.74 Å². The molecule has 0 spiro atoms. The van der Waals surface area contributed by atoms with Crippen LogP contribution in [0.1, 0.15) is 6.42 Å². The summed E-state index contributed by atoms with van der Waals surface area (Å²) in [6.45, 7) is 0.835. The Bertz CT molecular complexity index is 260. The topological polar surface area (TPSA) is 9.23 Å². The Morgan fingerprint density at radius 3 is 2.85 bits per heavy atom. The van der Waals surface area contributed by atoms with Gasteiger partial charge in [0.05, 0.1) is 14.6 Å². The fourth-order valence-corrected chi connectivity index (χ4v) is 2.73. The summed E-state index contributed by atoms with van der Waals surface area (Å²) in [5.74, 6) is 0.984. The van der Waals surface area contributed by atoms with Crippen molar-refractivity contribution in [2.24, 2.45) is 0 Å². The number of rotatable bonds is 4. The highest BCUT2D eigenvalue weighted by molar-refractivity contribution is 14.1. The summed E-state index contributed by atoms with van der Waals surface area (Å²) < 4.78 is 7.89. The molecule has 0 atom stereocenters. The first-order valence-corrected chi connectivity index (χ1v) is 7.61. The predicted octanol–water partition coefficient (Wildman–Crippen LogP) is 2.61. The van der Waals surface area contributed by atoms with E-state index in [1.54, 1.807) is 0 Å². The van der Waals surface area contributed by atoms with Gasteiger partial charge < -0.3 is 4.74 Å². The molecule has 0 aliphatic rings. The maximum absolute atomic E-state index is 5.68. The average molecular weight is 371 g/mol. The van der Waals surface area contributed by atoms with Gasteiger partial charge in [-0.15, -0.1) is 0 Å². The van der Waals surface area contributed by atoms with E-state index in [1.807, 2.05) is 12.1 Å². The molecule has 0 N–H and O–H groups in total. The summed E-state index contributed by atoms with van der Waals surface area (Å²) in [7, 11) is 1.27. The molecule has 4 heteroatoms. The van der Waals surface area contributed by atoms with Gasteiger partial charge in [-0.3, -0.25) is 0 Å². The van der Waals surface area contributed by atoms with Crippen LogP contribution in [0.5, 0.6) is 5.75 Å². The summed E-state index contributed by atoms with van der Waals surface area (Å²) in [4.78, 5) is 0. The van der Waals surface area contributed by atoms with Crippen LogP contribution in [0, 0.1) is 3.57 Å². The number of para-hydroxylation sites is 1. The number of halogens is 2. The zero-order valence-electron chi connectivity index (χ0n) is 7.52. The van der Waals surface area contributed by atoms with Gasteiger partial charge in [-0.25, -0.2) is 0 Å². The maximum atomic E-state index is 5.68. The number of hydrogen-bond acceptors (Lipinski definition) is 1. The fourth-order valence-electron chi connectivity index (χ4n) is 0.939. The number of hydrogen-bond donors (Lipinski definition) is 0. The highest BCUT2D eigenvalue weighted by Gasteiger charge is 2.04. The molecule has 0 bridgehead atoms. The highest BCUT2D eigenvalue weighted by atomic mass is 127. The van der Waals surface area contributed by atoms with Gasteiger partial charge in [-0.1, -0.05) is 12.1 Å². The summed E-state index contributed by atoms with van der Waals surface area (Å²) in [5.41, 5.74) is 0. The van der Waals surface area contributed by atoms with Gasteiger partial charge in [0, 0.05) is 10.2 Å². The van der Waals surface area contributed by atoms with Crippen LogP contribution in [-0.4, -0.2) is 16.8 Å². The molecule has 1 rings (SSSR count). The summed E-state index contributed by atoms with van der Waals surface area (Å²) in [6.07, 6.45) is 1.17. The second kappa shape index (κ2) is 6.03. The average Bonchev–Trinajstić information content (AvgIpc) is 2.10. The molecule has 0 heterocycles. The number of benzene rings is 1. The zero-order valence-corrected chi connectivity index (χ0v) is 13.3. The Morgan fingerprint density at radius 2 is 2.23 bits per heavy atom. The molecule has 0 aromatic heterocycles. The Balaban J connectivity index is 2.64. The summed E-state index contributed by atoms with van der Waals surface area (Å²) in [5, 5.41) is 0. The fraction of sp³-hybridized carbons (Fsp3) is 0.333. The third-order valence-electron chi connectivity index (χ3n) is 1.66. The molecular formula is C9H12BrIOSi. The first-order valence-electron chi connectivity index (χ1n) is 4.32. The summed E-state index contributed by atoms with van der Waals surface area (Å²) in [6, 6.07) is 7.39. The normalized spacial score (nSPS) is 10.3. The lowest BCUT2D eigenvalue weighted by Crippen LogP contribution is -1.98. The smallest absolute Gasteiger partial charge is 0.146 e. The predicted molar refractivity (Wildman–Crippen MR) is 71.7 cm³/mol. The minimum Gasteiger partial charge on any atom is -0.491 e. The quantitative estimate of drug-likeness (QED) is 0.449. The lowest BCUT2D eigenvalue weighted by Gasteiger charge is -2.08. The molecule has 0 aliphatic heterocycles. The van der Waals surface area contributed by atoms with E-state index >= 15 is 0 Å². The third kappa shape index (κ3) is 3.59. The lowest BCUT2D eigenvalue weighted by atomic mass is 10.3. The first kappa shape index (κ1) is 11.5. The van der Waals surface area contributed by atoms with Crippen molar-refractivity contribution in [3.8, 4) is 5.75 Å². The molecule has 1 aromatic rings. The van der Waals surface area contributed by atoms with Crippen molar-refractivity contribution >= 4 is 48.8 Å². The van der Waals surface area contributed by atoms with E-state index in [-0.39, 0.29) is 0 Å². The molecule has 0 aliphatic carbocycles. The van der Waals surface area contributed by atoms with Crippen molar-refractivity contribution in [1.82, 2.24) is 0 Å². The van der Waals surface area contributed by atoms with Crippen molar-refractivity contribution < 1.29 is 4.74 Å². The van der Waals surface area contributed by atoms with E-state index in [2.05, 4.69) is 44.6 Å². The molecule has 0 fully saturated rings. The second-order valence-corrected chi connectivity index (χ2v) is 5.77. The van der Waals surface area contributed by atoms with Crippen molar-refractivity contribution in [3.63, 3.8) is 0 Å². The highest BCUT2D eigenvalue weighted by Crippen LogP contribution is 2.30. The number of ether oxygens (including phenoxy) is 1. The van der Waals surface area contributed by atoms with Crippen molar-refractivity contribution in [2.75, 3.05) is 6.61 Å². The van der Waals surface area contributed by atoms with E-state index in [0.29, 0.717) is 0 Å². The van der Waals surface area contributed by atoms with Crippen LogP contribution >= 0.6 is 38.5 Å². The Kier molecular flexibility index (Phi) is 5.34. The molecule has 0 unspecified atom stereocenters. The molecule has 1 aromatic carbocycles. The van der Waals surface area contributed by atoms with E-state index in [4.69, 9.17) is 4.74 Å². The van der Waals surface area contributed by atoms with Gasteiger partial charge in [0.1, 0.15) is 5.75 Å². The van der Waals surface area contributed by atoms with E-state index < -0.39 is 0 Å². The van der Waals surface area contributed by atoms with Gasteiger partial charge in [0.25, 0.3) is 0 Å². The van der Waals surface area contributed by atoms with Gasteiger partial charge >= 0.3 is 0 Å². The molecular weight excluding hydrogens is 359 g/mol. The van der Waals surface area contributed by atoms with Crippen LogP contribution in [0.3, 0.4) is 0 Å². The molecule has 72 valence electrons. The Morgan fingerprint density at radius 1 is 1.46 bits per heavy atom. The van der Waals surface area contributed by atoms with Gasteiger partial charge in [-0.05, 0) is 57.1 Å². The van der Waals surface area contributed by atoms with E-state index in [1.165, 1.54) is 26.3 Å². The molecule has 0 saturated heterocycles. The lowest BCUT2D eigenvalue weighted by molar-refractivity contribution is 0.313. The third-order valence-corrected chi connectivity index (χ3v) is 3.84. The van der Waals surface area contributed by atoms with E-state index in [9.17, 15) is 0 Å². The van der Waals surface area contributed by atoms with E-state index in [0.717, 1.165) is 16.8 Å². The van der Waals surface area contributed by atoms with Crippen molar-refractivity contribution in [3.05, 3.63) is 26.2 Å². The van der Waals surface area contributed by atoms with Gasteiger partial charge in [-0.2, -0.15) is 0 Å². The standard InChI is InChI=1S/C9H12BrIOSi/c10-7-3-1-4-8(11)9(7)12-5-2-6-13/h1,3-4H,2,5-6H2,13H3. The molecule has 0 saturated carbocycles. The maximum Gasteiger partial charge on any atom is 0.146 e. The monoisotopic (exact) mass is 370 g/mol. The second-order valence-electron chi connectivity index (χ2n) is 2.75. The van der Waals surface area contributed by atoms with Crippen LogP contribution in [0.2, 0.25) is 6.04 Å². The first-order chi connectivity index (χ1) is 6.25. The van der Waals surface area contributed by atoms with Crippen LogP contribution in [-0.2, 0) is 0 Å². The largest absolute Gasteiger partial charge is 0.491 e. The minimum atomic E-state index is 0.835.